The Bertz CT molecular complexity index is 886. The maximum atomic E-state index is 8.82. The van der Waals surface area contributed by atoms with Gasteiger partial charge in [-0.05, 0) is 60.5 Å². The van der Waals surface area contributed by atoms with Gasteiger partial charge in [0, 0.05) is 11.6 Å². The highest BCUT2D eigenvalue weighted by Gasteiger charge is 2.04. The zero-order valence-electron chi connectivity index (χ0n) is 14.3. The molecule has 3 nitrogen and oxygen atoms in total. The van der Waals surface area contributed by atoms with E-state index >= 15 is 0 Å². The number of rotatable bonds is 7. The fourth-order valence-corrected chi connectivity index (χ4v) is 2.81. The van der Waals surface area contributed by atoms with Crippen LogP contribution in [0.5, 0.6) is 11.5 Å². The van der Waals surface area contributed by atoms with E-state index in [0.717, 1.165) is 18.5 Å². The summed E-state index contributed by atoms with van der Waals surface area (Å²) in [7, 11) is 0. The smallest absolute Gasteiger partial charge is 0.128 e. The predicted molar refractivity (Wildman–Crippen MR) is 105 cm³/mol. The molecule has 3 aromatic rings. The van der Waals surface area contributed by atoms with Gasteiger partial charge >= 0.3 is 0 Å². The van der Waals surface area contributed by atoms with Crippen LogP contribution in [0.1, 0.15) is 16.7 Å². The highest BCUT2D eigenvalue weighted by atomic mass is 35.5. The van der Waals surface area contributed by atoms with Crippen molar-refractivity contribution in [3.05, 3.63) is 94.5 Å². The van der Waals surface area contributed by atoms with Crippen LogP contribution in [-0.4, -0.2) is 6.54 Å². The molecule has 0 amide bonds. The molecule has 0 fully saturated rings. The largest absolute Gasteiger partial charge is 0.457 e. The van der Waals surface area contributed by atoms with E-state index < -0.39 is 0 Å². The second-order valence-corrected chi connectivity index (χ2v) is 6.31. The fraction of sp³-hybridized carbons (Fsp3) is 0.136. The molecule has 3 aromatic carbocycles. The number of nitrogens with zero attached hydrogens (tertiary/aromatic N) is 1. The average molecular weight is 363 g/mol. The molecule has 0 aliphatic rings. The lowest BCUT2D eigenvalue weighted by Gasteiger charge is -2.10. The van der Waals surface area contributed by atoms with Crippen LogP contribution >= 0.6 is 11.6 Å². The van der Waals surface area contributed by atoms with Crippen molar-refractivity contribution < 1.29 is 4.74 Å². The topological polar surface area (TPSA) is 45.0 Å². The summed E-state index contributed by atoms with van der Waals surface area (Å²) in [6.45, 7) is 1.60. The third-order valence-electron chi connectivity index (χ3n) is 3.99. The molecule has 4 heteroatoms. The summed E-state index contributed by atoms with van der Waals surface area (Å²) in [4.78, 5) is 0. The molecule has 3 rings (SSSR count). The molecule has 26 heavy (non-hydrogen) atoms. The molecule has 0 aromatic heterocycles. The van der Waals surface area contributed by atoms with Crippen LogP contribution in [0, 0.1) is 11.3 Å². The molecule has 0 aliphatic carbocycles. The Balaban J connectivity index is 1.52. The molecule has 0 saturated carbocycles. The Morgan fingerprint density at radius 1 is 0.923 bits per heavy atom. The molecular weight excluding hydrogens is 344 g/mol. The van der Waals surface area contributed by atoms with Gasteiger partial charge in [-0.1, -0.05) is 48.0 Å². The Hall–Kier alpha value is -2.80. The van der Waals surface area contributed by atoms with Crippen molar-refractivity contribution in [2.24, 2.45) is 0 Å². The molecule has 130 valence electrons. The van der Waals surface area contributed by atoms with Gasteiger partial charge in [-0.2, -0.15) is 5.26 Å². The van der Waals surface area contributed by atoms with E-state index in [-0.39, 0.29) is 0 Å². The summed E-state index contributed by atoms with van der Waals surface area (Å²) in [5, 5.41) is 12.9. The average Bonchev–Trinajstić information content (AvgIpc) is 2.68. The van der Waals surface area contributed by atoms with Gasteiger partial charge in [0.2, 0.25) is 0 Å². The number of hydrogen-bond donors (Lipinski definition) is 1. The Kier molecular flexibility index (Phi) is 6.27. The van der Waals surface area contributed by atoms with Crippen LogP contribution in [-0.2, 0) is 13.0 Å². The number of benzene rings is 3. The second kappa shape index (κ2) is 9.05. The highest BCUT2D eigenvalue weighted by Crippen LogP contribution is 2.27. The summed E-state index contributed by atoms with van der Waals surface area (Å²) in [6.07, 6.45) is 0.984. The van der Waals surface area contributed by atoms with Gasteiger partial charge in [0.15, 0.2) is 0 Å². The molecule has 0 aliphatic heterocycles. The molecule has 0 spiro atoms. The number of halogens is 1. The number of nitriles is 1. The van der Waals surface area contributed by atoms with E-state index in [4.69, 9.17) is 21.6 Å². The lowest BCUT2D eigenvalue weighted by molar-refractivity contribution is 0.482. The molecule has 0 bridgehead atoms. The summed E-state index contributed by atoms with van der Waals surface area (Å²) in [5.41, 5.74) is 2.96. The highest BCUT2D eigenvalue weighted by molar-refractivity contribution is 6.31. The lowest BCUT2D eigenvalue weighted by atomic mass is 10.1. The molecule has 0 atom stereocenters. The minimum Gasteiger partial charge on any atom is -0.457 e. The zero-order valence-corrected chi connectivity index (χ0v) is 15.0. The first kappa shape index (κ1) is 18.0. The first-order chi connectivity index (χ1) is 12.7. The molecule has 0 saturated heterocycles. The molecule has 0 radical (unpaired) electrons. The first-order valence-electron chi connectivity index (χ1n) is 8.46. The third-order valence-corrected chi connectivity index (χ3v) is 4.34. The monoisotopic (exact) mass is 362 g/mol. The maximum Gasteiger partial charge on any atom is 0.128 e. The number of ether oxygens (including phenoxy) is 1. The fourth-order valence-electron chi connectivity index (χ4n) is 2.57. The SMILES string of the molecule is N#Cc1ccc(Oc2ccc(CNCCc3ccccc3)c(Cl)c2)cc1. The normalized spacial score (nSPS) is 10.3. The van der Waals surface area contributed by atoms with Crippen LogP contribution in [0.3, 0.4) is 0 Å². The predicted octanol–water partition coefficient (Wildman–Crippen LogP) is 5.34. The van der Waals surface area contributed by atoms with E-state index in [2.05, 4.69) is 35.7 Å². The molecule has 0 unspecified atom stereocenters. The van der Waals surface area contributed by atoms with Crippen molar-refractivity contribution in [3.8, 4) is 17.6 Å². The summed E-state index contributed by atoms with van der Waals surface area (Å²) in [5.74, 6) is 1.35. The van der Waals surface area contributed by atoms with E-state index in [1.165, 1.54) is 5.56 Å². The van der Waals surface area contributed by atoms with Crippen molar-refractivity contribution >= 4 is 11.6 Å². The van der Waals surface area contributed by atoms with Crippen molar-refractivity contribution in [3.63, 3.8) is 0 Å². The van der Waals surface area contributed by atoms with Crippen LogP contribution < -0.4 is 10.1 Å². The van der Waals surface area contributed by atoms with Crippen molar-refractivity contribution in [2.75, 3.05) is 6.54 Å². The lowest BCUT2D eigenvalue weighted by Crippen LogP contribution is -2.16. The zero-order chi connectivity index (χ0) is 18.2. The van der Waals surface area contributed by atoms with Crippen molar-refractivity contribution in [1.82, 2.24) is 5.32 Å². The summed E-state index contributed by atoms with van der Waals surface area (Å²) in [6, 6.07) is 25.1. The molecule has 0 heterocycles. The summed E-state index contributed by atoms with van der Waals surface area (Å²) >= 11 is 6.38. The minimum atomic E-state index is 0.604. The van der Waals surface area contributed by atoms with E-state index in [1.807, 2.05) is 24.3 Å². The van der Waals surface area contributed by atoms with E-state index in [0.29, 0.717) is 28.6 Å². The Morgan fingerprint density at radius 3 is 2.35 bits per heavy atom. The number of nitrogens with one attached hydrogen (secondary N) is 1. The quantitative estimate of drug-likeness (QED) is 0.577. The van der Waals surface area contributed by atoms with E-state index in [9.17, 15) is 0 Å². The van der Waals surface area contributed by atoms with Crippen LogP contribution in [0.15, 0.2) is 72.8 Å². The Labute approximate surface area is 158 Å². The van der Waals surface area contributed by atoms with Gasteiger partial charge in [-0.3, -0.25) is 0 Å². The maximum absolute atomic E-state index is 8.82. The minimum absolute atomic E-state index is 0.604. The first-order valence-corrected chi connectivity index (χ1v) is 8.83. The number of hydrogen-bond acceptors (Lipinski definition) is 3. The van der Waals surface area contributed by atoms with Crippen molar-refractivity contribution in [1.29, 1.82) is 5.26 Å². The van der Waals surface area contributed by atoms with Gasteiger partial charge in [-0.15, -0.1) is 0 Å². The van der Waals surface area contributed by atoms with E-state index in [1.54, 1.807) is 24.3 Å². The van der Waals surface area contributed by atoms with Gasteiger partial charge in [0.25, 0.3) is 0 Å². The molecule has 1 N–H and O–H groups in total. The van der Waals surface area contributed by atoms with Crippen LogP contribution in [0.25, 0.3) is 0 Å². The summed E-state index contributed by atoms with van der Waals surface area (Å²) < 4.78 is 5.78. The van der Waals surface area contributed by atoms with Crippen LogP contribution in [0.4, 0.5) is 0 Å². The van der Waals surface area contributed by atoms with Crippen LogP contribution in [0.2, 0.25) is 5.02 Å². The Morgan fingerprint density at radius 2 is 1.65 bits per heavy atom. The van der Waals surface area contributed by atoms with Gasteiger partial charge < -0.3 is 10.1 Å². The molecular formula is C22H19ClN2O. The van der Waals surface area contributed by atoms with Crippen molar-refractivity contribution in [2.45, 2.75) is 13.0 Å². The van der Waals surface area contributed by atoms with Gasteiger partial charge in [0.1, 0.15) is 11.5 Å². The second-order valence-electron chi connectivity index (χ2n) is 5.90. The standard InChI is InChI=1S/C22H19ClN2O/c23-22-14-21(26-20-9-6-18(15-24)7-10-20)11-8-19(22)16-25-13-12-17-4-2-1-3-5-17/h1-11,14,25H,12-13,16H2. The van der Waals surface area contributed by atoms with Gasteiger partial charge in [-0.25, -0.2) is 0 Å². The third kappa shape index (κ3) is 5.10. The van der Waals surface area contributed by atoms with Gasteiger partial charge in [0.05, 0.1) is 11.6 Å².